The van der Waals surface area contributed by atoms with E-state index in [4.69, 9.17) is 11.6 Å². The monoisotopic (exact) mass is 400 g/mol. The molecule has 1 fully saturated rings. The summed E-state index contributed by atoms with van der Waals surface area (Å²) in [5.41, 5.74) is -0.400. The lowest BCUT2D eigenvalue weighted by atomic mass is 10.0. The third-order valence-corrected chi connectivity index (χ3v) is 6.99. The minimum Gasteiger partial charge on any atom is -0.353 e. The van der Waals surface area contributed by atoms with Crippen LogP contribution in [0.15, 0.2) is 23.1 Å². The minimum absolute atomic E-state index is 0.0857. The molecule has 0 saturated heterocycles. The molecule has 1 saturated carbocycles. The Morgan fingerprint density at radius 2 is 1.81 bits per heavy atom. The average molecular weight is 401 g/mol. The lowest BCUT2D eigenvalue weighted by Crippen LogP contribution is -2.48. The lowest BCUT2D eigenvalue weighted by molar-refractivity contribution is -0.122. The van der Waals surface area contributed by atoms with Crippen molar-refractivity contribution in [3.05, 3.63) is 28.8 Å². The van der Waals surface area contributed by atoms with E-state index in [9.17, 15) is 13.2 Å². The zero-order valence-corrected chi connectivity index (χ0v) is 17.3. The van der Waals surface area contributed by atoms with Gasteiger partial charge in [0.1, 0.15) is 0 Å². The Bertz CT molecular complexity index is 739. The van der Waals surface area contributed by atoms with E-state index in [0.717, 1.165) is 25.7 Å². The summed E-state index contributed by atoms with van der Waals surface area (Å²) in [6, 6.07) is 4.98. The Morgan fingerprint density at radius 3 is 2.42 bits per heavy atom. The number of nitrogens with one attached hydrogen (secondary N) is 2. The van der Waals surface area contributed by atoms with Crippen LogP contribution in [0.1, 0.15) is 64.4 Å². The zero-order valence-electron chi connectivity index (χ0n) is 15.8. The molecule has 0 atom stereocenters. The van der Waals surface area contributed by atoms with Crippen molar-refractivity contribution in [3.63, 3.8) is 0 Å². The molecule has 2 rings (SSSR count). The largest absolute Gasteiger partial charge is 0.353 e. The maximum Gasteiger partial charge on any atom is 0.241 e. The highest BCUT2D eigenvalue weighted by Crippen LogP contribution is 2.24. The van der Waals surface area contributed by atoms with Crippen LogP contribution in [0.2, 0.25) is 5.02 Å². The van der Waals surface area contributed by atoms with Crippen LogP contribution in [-0.2, 0) is 14.8 Å². The highest BCUT2D eigenvalue weighted by molar-refractivity contribution is 7.89. The molecular formula is C19H29ClN2O3S. The first-order chi connectivity index (χ1) is 12.1. The first-order valence-electron chi connectivity index (χ1n) is 9.19. The molecule has 1 amide bonds. The molecule has 146 valence electrons. The SMILES string of the molecule is Cc1c(Cl)cccc1S(=O)(=O)NC(C)(C)CC(=O)NC1CCCCCC1. The van der Waals surface area contributed by atoms with Gasteiger partial charge in [-0.3, -0.25) is 4.79 Å². The maximum atomic E-state index is 12.7. The van der Waals surface area contributed by atoms with Crippen LogP contribution in [0.25, 0.3) is 0 Å². The fourth-order valence-corrected chi connectivity index (χ4v) is 5.35. The number of benzene rings is 1. The first-order valence-corrected chi connectivity index (χ1v) is 11.1. The normalized spacial score (nSPS) is 16.9. The second kappa shape index (κ2) is 8.72. The molecule has 0 spiro atoms. The van der Waals surface area contributed by atoms with Gasteiger partial charge in [0.25, 0.3) is 0 Å². The number of rotatable bonds is 6. The lowest BCUT2D eigenvalue weighted by Gasteiger charge is -2.27. The summed E-state index contributed by atoms with van der Waals surface area (Å²) >= 11 is 6.04. The number of hydrogen-bond acceptors (Lipinski definition) is 3. The summed E-state index contributed by atoms with van der Waals surface area (Å²) in [5, 5.41) is 3.47. The van der Waals surface area contributed by atoms with Gasteiger partial charge in [0, 0.05) is 23.0 Å². The highest BCUT2D eigenvalue weighted by atomic mass is 35.5. The van der Waals surface area contributed by atoms with Crippen LogP contribution in [0.4, 0.5) is 0 Å². The van der Waals surface area contributed by atoms with Crippen molar-refractivity contribution >= 4 is 27.5 Å². The fourth-order valence-electron chi connectivity index (χ4n) is 3.44. The van der Waals surface area contributed by atoms with Gasteiger partial charge in [-0.2, -0.15) is 0 Å². The van der Waals surface area contributed by atoms with Gasteiger partial charge in [0.2, 0.25) is 15.9 Å². The Morgan fingerprint density at radius 1 is 1.19 bits per heavy atom. The molecule has 0 unspecified atom stereocenters. The Kier molecular flexibility index (Phi) is 7.11. The number of halogens is 1. The maximum absolute atomic E-state index is 12.7. The minimum atomic E-state index is -3.77. The van der Waals surface area contributed by atoms with Gasteiger partial charge in [-0.15, -0.1) is 0 Å². The number of hydrogen-bond donors (Lipinski definition) is 2. The Hall–Kier alpha value is -1.11. The summed E-state index contributed by atoms with van der Waals surface area (Å²) in [4.78, 5) is 12.6. The topological polar surface area (TPSA) is 75.3 Å². The number of sulfonamides is 1. The van der Waals surface area contributed by atoms with Gasteiger partial charge in [0.05, 0.1) is 4.90 Å². The summed E-state index contributed by atoms with van der Waals surface area (Å²) in [5.74, 6) is -0.118. The smallest absolute Gasteiger partial charge is 0.241 e. The summed E-state index contributed by atoms with van der Waals surface area (Å²) in [7, 11) is -3.77. The van der Waals surface area contributed by atoms with E-state index >= 15 is 0 Å². The van der Waals surface area contributed by atoms with Crippen LogP contribution in [0, 0.1) is 6.92 Å². The van der Waals surface area contributed by atoms with Crippen LogP contribution in [-0.4, -0.2) is 25.9 Å². The Labute approximate surface area is 161 Å². The molecule has 0 radical (unpaired) electrons. The molecule has 0 bridgehead atoms. The molecule has 1 aromatic carbocycles. The van der Waals surface area contributed by atoms with Gasteiger partial charge in [-0.1, -0.05) is 43.4 Å². The van der Waals surface area contributed by atoms with Crippen molar-refractivity contribution in [1.82, 2.24) is 10.0 Å². The van der Waals surface area contributed by atoms with E-state index in [1.54, 1.807) is 32.9 Å². The molecule has 1 aliphatic carbocycles. The molecular weight excluding hydrogens is 372 g/mol. The van der Waals surface area contributed by atoms with Crippen LogP contribution >= 0.6 is 11.6 Å². The predicted molar refractivity (Wildman–Crippen MR) is 105 cm³/mol. The molecule has 0 aromatic heterocycles. The molecule has 2 N–H and O–H groups in total. The second-order valence-corrected chi connectivity index (χ2v) is 9.84. The van der Waals surface area contributed by atoms with Crippen molar-refractivity contribution in [1.29, 1.82) is 0 Å². The van der Waals surface area contributed by atoms with Gasteiger partial charge in [-0.25, -0.2) is 13.1 Å². The zero-order chi connectivity index (χ0) is 19.4. The Balaban J connectivity index is 2.02. The van der Waals surface area contributed by atoms with Crippen molar-refractivity contribution in [2.24, 2.45) is 0 Å². The van der Waals surface area contributed by atoms with Crippen molar-refractivity contribution in [2.75, 3.05) is 0 Å². The van der Waals surface area contributed by atoms with E-state index in [0.29, 0.717) is 10.6 Å². The molecule has 7 heteroatoms. The van der Waals surface area contributed by atoms with Gasteiger partial charge in [-0.05, 0) is 51.3 Å². The first kappa shape index (κ1) is 21.2. The number of carbonyl (C=O) groups excluding carboxylic acids is 1. The van der Waals surface area contributed by atoms with E-state index in [1.165, 1.54) is 18.9 Å². The van der Waals surface area contributed by atoms with E-state index in [1.807, 2.05) is 0 Å². The molecule has 0 heterocycles. The molecule has 1 aliphatic rings. The number of carbonyl (C=O) groups is 1. The highest BCUT2D eigenvalue weighted by Gasteiger charge is 2.30. The van der Waals surface area contributed by atoms with Crippen LogP contribution < -0.4 is 10.0 Å². The molecule has 26 heavy (non-hydrogen) atoms. The summed E-state index contributed by atoms with van der Waals surface area (Å²) in [6.07, 6.45) is 6.79. The fraction of sp³-hybridized carbons (Fsp3) is 0.632. The van der Waals surface area contributed by atoms with Crippen molar-refractivity contribution in [2.45, 2.75) is 82.2 Å². The third-order valence-electron chi connectivity index (χ3n) is 4.74. The molecule has 0 aliphatic heterocycles. The van der Waals surface area contributed by atoms with Crippen molar-refractivity contribution in [3.8, 4) is 0 Å². The van der Waals surface area contributed by atoms with Gasteiger partial charge < -0.3 is 5.32 Å². The average Bonchev–Trinajstić information content (AvgIpc) is 2.76. The molecule has 1 aromatic rings. The van der Waals surface area contributed by atoms with Gasteiger partial charge in [0.15, 0.2) is 0 Å². The summed E-state index contributed by atoms with van der Waals surface area (Å²) < 4.78 is 28.1. The quantitative estimate of drug-likeness (QED) is 0.710. The number of amides is 1. The predicted octanol–water partition coefficient (Wildman–Crippen LogP) is 3.93. The molecule has 5 nitrogen and oxygen atoms in total. The second-order valence-electron chi connectivity index (χ2n) is 7.79. The van der Waals surface area contributed by atoms with E-state index in [-0.39, 0.29) is 23.3 Å². The van der Waals surface area contributed by atoms with Gasteiger partial charge >= 0.3 is 0 Å². The van der Waals surface area contributed by atoms with Crippen LogP contribution in [0.3, 0.4) is 0 Å². The van der Waals surface area contributed by atoms with Crippen molar-refractivity contribution < 1.29 is 13.2 Å². The third kappa shape index (κ3) is 5.96. The van der Waals surface area contributed by atoms with Crippen LogP contribution in [0.5, 0.6) is 0 Å². The van der Waals surface area contributed by atoms with E-state index < -0.39 is 15.6 Å². The van der Waals surface area contributed by atoms with E-state index in [2.05, 4.69) is 10.0 Å². The standard InChI is InChI=1S/C19H29ClN2O3S/c1-14-16(20)11-8-12-17(14)26(24,25)22-19(2,3)13-18(23)21-15-9-6-4-5-7-10-15/h8,11-12,15,22H,4-7,9-10,13H2,1-3H3,(H,21,23). The summed E-state index contributed by atoms with van der Waals surface area (Å²) in [6.45, 7) is 5.11.